The van der Waals surface area contributed by atoms with E-state index in [1.54, 1.807) is 81.0 Å². The van der Waals surface area contributed by atoms with E-state index in [1.165, 1.54) is 4.90 Å². The molecule has 33 heavy (non-hydrogen) atoms. The Kier molecular flexibility index (Phi) is 6.13. The summed E-state index contributed by atoms with van der Waals surface area (Å²) in [7, 11) is 1.55. The summed E-state index contributed by atoms with van der Waals surface area (Å²) >= 11 is 0. The van der Waals surface area contributed by atoms with Crippen molar-refractivity contribution in [2.45, 2.75) is 19.9 Å². The lowest BCUT2D eigenvalue weighted by Gasteiger charge is -2.25. The summed E-state index contributed by atoms with van der Waals surface area (Å²) in [6.07, 6.45) is 3.20. The molecule has 0 spiro atoms. The van der Waals surface area contributed by atoms with E-state index in [0.717, 1.165) is 0 Å². The molecule has 7 nitrogen and oxygen atoms in total. The molecule has 1 N–H and O–H groups in total. The Morgan fingerprint density at radius 1 is 1.09 bits per heavy atom. The highest BCUT2D eigenvalue weighted by Gasteiger charge is 2.47. The number of carbonyl (C=O) groups excluding carboxylic acids is 2. The molecule has 1 atom stereocenters. The zero-order valence-electron chi connectivity index (χ0n) is 18.6. The fourth-order valence-electron chi connectivity index (χ4n) is 4.00. The van der Waals surface area contributed by atoms with Gasteiger partial charge in [-0.3, -0.25) is 19.5 Å². The van der Waals surface area contributed by atoms with E-state index in [-0.39, 0.29) is 11.3 Å². The van der Waals surface area contributed by atoms with Crippen LogP contribution in [0.3, 0.4) is 0 Å². The zero-order valence-corrected chi connectivity index (χ0v) is 18.6. The summed E-state index contributed by atoms with van der Waals surface area (Å²) < 4.78 is 10.7. The number of hydrogen-bond donors (Lipinski definition) is 1. The number of anilines is 1. The molecular weight excluding hydrogens is 420 g/mol. The number of aromatic nitrogens is 1. The van der Waals surface area contributed by atoms with Crippen LogP contribution >= 0.6 is 0 Å². The van der Waals surface area contributed by atoms with Crippen molar-refractivity contribution in [1.82, 2.24) is 4.98 Å². The fraction of sp³-hybridized carbons (Fsp3) is 0.192. The smallest absolute Gasteiger partial charge is 0.300 e. The van der Waals surface area contributed by atoms with Crippen molar-refractivity contribution < 1.29 is 24.2 Å². The number of hydrogen-bond acceptors (Lipinski definition) is 6. The van der Waals surface area contributed by atoms with Crippen LogP contribution in [-0.2, 0) is 9.59 Å². The number of aliphatic hydroxyl groups is 1. The number of aliphatic hydroxyl groups excluding tert-OH is 1. The molecule has 1 saturated heterocycles. The van der Waals surface area contributed by atoms with Gasteiger partial charge >= 0.3 is 0 Å². The van der Waals surface area contributed by atoms with Gasteiger partial charge in [-0.2, -0.15) is 0 Å². The SMILES string of the molecule is CCOc1ccc(N2C(=O)C(=O)/C(=C(\O)c3ccc(OC)cc3C)C2c2cccnc2)cc1. The van der Waals surface area contributed by atoms with Gasteiger partial charge in [0.2, 0.25) is 0 Å². The Hall–Kier alpha value is -4.13. The highest BCUT2D eigenvalue weighted by atomic mass is 16.5. The third-order valence-electron chi connectivity index (χ3n) is 5.56. The van der Waals surface area contributed by atoms with Gasteiger partial charge in [0.1, 0.15) is 17.3 Å². The van der Waals surface area contributed by atoms with E-state index >= 15 is 0 Å². The predicted molar refractivity (Wildman–Crippen MR) is 124 cm³/mol. The van der Waals surface area contributed by atoms with E-state index in [9.17, 15) is 14.7 Å². The number of ketones is 1. The Labute approximate surface area is 191 Å². The Morgan fingerprint density at radius 2 is 1.82 bits per heavy atom. The van der Waals surface area contributed by atoms with Crippen LogP contribution < -0.4 is 14.4 Å². The molecule has 0 radical (unpaired) electrons. The van der Waals surface area contributed by atoms with Crippen LogP contribution in [0, 0.1) is 6.92 Å². The summed E-state index contributed by atoms with van der Waals surface area (Å²) in [6.45, 7) is 4.20. The minimum absolute atomic E-state index is 0.00940. The molecule has 0 aliphatic carbocycles. The Bertz CT molecular complexity index is 1220. The second-order valence-corrected chi connectivity index (χ2v) is 7.56. The summed E-state index contributed by atoms with van der Waals surface area (Å²) in [5, 5.41) is 11.3. The van der Waals surface area contributed by atoms with Crippen molar-refractivity contribution in [2.24, 2.45) is 0 Å². The highest BCUT2D eigenvalue weighted by molar-refractivity contribution is 6.51. The standard InChI is InChI=1S/C26H24N2O5/c1-4-33-19-9-7-18(8-10-19)28-23(17-6-5-13-27-15-17)22(25(30)26(28)31)24(29)21-12-11-20(32-3)14-16(21)2/h5-15,23,29H,4H2,1-3H3/b24-22-. The minimum Gasteiger partial charge on any atom is -0.507 e. The Balaban J connectivity index is 1.88. The van der Waals surface area contributed by atoms with Gasteiger partial charge in [0, 0.05) is 23.6 Å². The van der Waals surface area contributed by atoms with Gasteiger partial charge < -0.3 is 14.6 Å². The lowest BCUT2D eigenvalue weighted by atomic mass is 9.94. The van der Waals surface area contributed by atoms with Crippen molar-refractivity contribution in [1.29, 1.82) is 0 Å². The van der Waals surface area contributed by atoms with Gasteiger partial charge in [0.25, 0.3) is 11.7 Å². The van der Waals surface area contributed by atoms with Gasteiger partial charge in [0.15, 0.2) is 0 Å². The van der Waals surface area contributed by atoms with E-state index in [0.29, 0.717) is 40.5 Å². The van der Waals surface area contributed by atoms with E-state index in [1.807, 2.05) is 6.92 Å². The number of rotatable bonds is 6. The third-order valence-corrected chi connectivity index (χ3v) is 5.56. The number of pyridine rings is 1. The van der Waals surface area contributed by atoms with Crippen LogP contribution in [0.2, 0.25) is 0 Å². The lowest BCUT2D eigenvalue weighted by molar-refractivity contribution is -0.132. The third kappa shape index (κ3) is 4.05. The van der Waals surface area contributed by atoms with Crippen molar-refractivity contribution in [3.63, 3.8) is 0 Å². The van der Waals surface area contributed by atoms with Crippen LogP contribution in [0.4, 0.5) is 5.69 Å². The molecule has 1 aliphatic rings. The number of amides is 1. The number of methoxy groups -OCH3 is 1. The highest BCUT2D eigenvalue weighted by Crippen LogP contribution is 2.42. The maximum Gasteiger partial charge on any atom is 0.300 e. The number of ether oxygens (including phenoxy) is 2. The maximum absolute atomic E-state index is 13.2. The number of aryl methyl sites for hydroxylation is 1. The molecule has 1 amide bonds. The molecular formula is C26H24N2O5. The number of benzene rings is 2. The normalized spacial score (nSPS) is 17.3. The summed E-state index contributed by atoms with van der Waals surface area (Å²) in [6, 6.07) is 14.7. The molecule has 4 rings (SSSR count). The number of Topliss-reactive ketones (excluding diaryl/α,β-unsaturated/α-hetero) is 1. The van der Waals surface area contributed by atoms with Crippen LogP contribution in [0.25, 0.3) is 5.76 Å². The minimum atomic E-state index is -0.835. The summed E-state index contributed by atoms with van der Waals surface area (Å²) in [5.74, 6) is -0.436. The molecule has 2 heterocycles. The second-order valence-electron chi connectivity index (χ2n) is 7.56. The Morgan fingerprint density at radius 3 is 2.42 bits per heavy atom. The molecule has 0 bridgehead atoms. The molecule has 7 heteroatoms. The van der Waals surface area contributed by atoms with E-state index in [2.05, 4.69) is 4.98 Å². The van der Waals surface area contributed by atoms with Crippen molar-refractivity contribution >= 4 is 23.1 Å². The first kappa shape index (κ1) is 22.1. The first-order valence-electron chi connectivity index (χ1n) is 10.5. The first-order valence-corrected chi connectivity index (χ1v) is 10.5. The van der Waals surface area contributed by atoms with Gasteiger partial charge in [-0.15, -0.1) is 0 Å². The van der Waals surface area contributed by atoms with Gasteiger partial charge in [-0.1, -0.05) is 6.07 Å². The van der Waals surface area contributed by atoms with Gasteiger partial charge in [0.05, 0.1) is 25.3 Å². The monoisotopic (exact) mass is 444 g/mol. The van der Waals surface area contributed by atoms with Crippen LogP contribution in [0.15, 0.2) is 72.6 Å². The number of carbonyl (C=O) groups is 2. The molecule has 1 aromatic heterocycles. The quantitative estimate of drug-likeness (QED) is 0.344. The molecule has 1 unspecified atom stereocenters. The topological polar surface area (TPSA) is 89.0 Å². The van der Waals surface area contributed by atoms with Gasteiger partial charge in [-0.05, 0) is 73.5 Å². The van der Waals surface area contributed by atoms with Crippen LogP contribution in [0.5, 0.6) is 11.5 Å². The summed E-state index contributed by atoms with van der Waals surface area (Å²) in [5.41, 5.74) is 2.30. The van der Waals surface area contributed by atoms with Crippen LogP contribution in [0.1, 0.15) is 29.7 Å². The van der Waals surface area contributed by atoms with Crippen molar-refractivity contribution in [3.8, 4) is 11.5 Å². The maximum atomic E-state index is 13.2. The second kappa shape index (κ2) is 9.16. The molecule has 0 saturated carbocycles. The van der Waals surface area contributed by atoms with Crippen molar-refractivity contribution in [3.05, 3.63) is 89.3 Å². The predicted octanol–water partition coefficient (Wildman–Crippen LogP) is 4.42. The average Bonchev–Trinajstić information content (AvgIpc) is 3.10. The first-order chi connectivity index (χ1) is 16.0. The fourth-order valence-corrected chi connectivity index (χ4v) is 4.00. The zero-order chi connectivity index (χ0) is 23.5. The number of nitrogens with zero attached hydrogens (tertiary/aromatic N) is 2. The summed E-state index contributed by atoms with van der Waals surface area (Å²) in [4.78, 5) is 32.0. The lowest BCUT2D eigenvalue weighted by Crippen LogP contribution is -2.29. The average molecular weight is 444 g/mol. The van der Waals surface area contributed by atoms with Crippen LogP contribution in [-0.4, -0.2) is 35.5 Å². The molecule has 1 fully saturated rings. The molecule has 168 valence electrons. The molecule has 1 aliphatic heterocycles. The van der Waals surface area contributed by atoms with E-state index < -0.39 is 17.7 Å². The molecule has 2 aromatic carbocycles. The van der Waals surface area contributed by atoms with E-state index in [4.69, 9.17) is 9.47 Å². The van der Waals surface area contributed by atoms with Crippen molar-refractivity contribution in [2.75, 3.05) is 18.6 Å². The largest absolute Gasteiger partial charge is 0.507 e. The van der Waals surface area contributed by atoms with Gasteiger partial charge in [-0.25, -0.2) is 0 Å². The molecule has 3 aromatic rings.